The van der Waals surface area contributed by atoms with Gasteiger partial charge in [-0.25, -0.2) is 0 Å². The van der Waals surface area contributed by atoms with Gasteiger partial charge >= 0.3 is 0 Å². The Labute approximate surface area is 94.9 Å². The number of rotatable bonds is 2. The number of benzene rings is 1. The monoisotopic (exact) mass is 236 g/mol. The summed E-state index contributed by atoms with van der Waals surface area (Å²) in [6.45, 7) is 1.86. The fourth-order valence-electron chi connectivity index (χ4n) is 1.30. The molecule has 6 nitrogen and oxygen atoms in total. The molecule has 0 radical (unpaired) electrons. The number of nitro groups is 1. The Morgan fingerprint density at radius 1 is 1.44 bits per heavy atom. The van der Waals surface area contributed by atoms with Crippen molar-refractivity contribution in [2.24, 2.45) is 0 Å². The zero-order chi connectivity index (χ0) is 11.7. The van der Waals surface area contributed by atoms with Crippen LogP contribution in [0.3, 0.4) is 0 Å². The highest BCUT2D eigenvalue weighted by Gasteiger charge is 2.13. The molecule has 2 aromatic rings. The van der Waals surface area contributed by atoms with Crippen LogP contribution in [0, 0.1) is 17.0 Å². The van der Waals surface area contributed by atoms with Gasteiger partial charge in [-0.15, -0.1) is 10.2 Å². The number of aryl methyl sites for hydroxylation is 1. The second-order valence-corrected chi connectivity index (χ2v) is 4.21. The number of aromatic nitrogens is 2. The molecule has 2 N–H and O–H groups in total. The summed E-state index contributed by atoms with van der Waals surface area (Å²) in [5.41, 5.74) is 7.11. The van der Waals surface area contributed by atoms with Crippen molar-refractivity contribution in [2.75, 3.05) is 5.73 Å². The molecule has 82 valence electrons. The lowest BCUT2D eigenvalue weighted by Crippen LogP contribution is -1.90. The van der Waals surface area contributed by atoms with Crippen LogP contribution in [0.1, 0.15) is 5.56 Å². The molecule has 0 aliphatic rings. The molecule has 16 heavy (non-hydrogen) atoms. The molecule has 0 saturated heterocycles. The second-order valence-electron chi connectivity index (χ2n) is 3.20. The van der Waals surface area contributed by atoms with Crippen LogP contribution in [-0.4, -0.2) is 15.1 Å². The third kappa shape index (κ3) is 1.84. The molecular weight excluding hydrogens is 228 g/mol. The Balaban J connectivity index is 2.55. The summed E-state index contributed by atoms with van der Waals surface area (Å²) in [7, 11) is 0. The molecule has 0 unspecified atom stereocenters. The average Bonchev–Trinajstić information content (AvgIpc) is 2.65. The summed E-state index contributed by atoms with van der Waals surface area (Å²) < 4.78 is 0. The normalized spacial score (nSPS) is 10.3. The maximum Gasteiger partial charge on any atom is 0.270 e. The van der Waals surface area contributed by atoms with Gasteiger partial charge in [0.25, 0.3) is 5.69 Å². The Kier molecular flexibility index (Phi) is 2.53. The van der Waals surface area contributed by atoms with E-state index in [-0.39, 0.29) is 5.69 Å². The van der Waals surface area contributed by atoms with Gasteiger partial charge in [0.1, 0.15) is 5.01 Å². The van der Waals surface area contributed by atoms with Crippen molar-refractivity contribution in [1.29, 1.82) is 0 Å². The predicted octanol–water partition coefficient (Wildman–Crippen LogP) is 2.00. The van der Waals surface area contributed by atoms with Crippen LogP contribution in [0.25, 0.3) is 10.6 Å². The topological polar surface area (TPSA) is 94.9 Å². The summed E-state index contributed by atoms with van der Waals surface area (Å²) in [6, 6.07) is 4.63. The fraction of sp³-hybridized carbons (Fsp3) is 0.111. The van der Waals surface area contributed by atoms with Crippen LogP contribution in [0.5, 0.6) is 0 Å². The lowest BCUT2D eigenvalue weighted by molar-refractivity contribution is -0.384. The molecule has 1 aromatic carbocycles. The molecule has 0 aliphatic carbocycles. The van der Waals surface area contributed by atoms with E-state index in [1.165, 1.54) is 23.5 Å². The third-order valence-corrected chi connectivity index (χ3v) is 2.89. The van der Waals surface area contributed by atoms with Gasteiger partial charge in [-0.3, -0.25) is 10.1 Å². The van der Waals surface area contributed by atoms with Crippen molar-refractivity contribution in [3.05, 3.63) is 33.9 Å². The molecule has 0 amide bonds. The van der Waals surface area contributed by atoms with Gasteiger partial charge in [0.15, 0.2) is 0 Å². The Morgan fingerprint density at radius 3 is 2.75 bits per heavy atom. The molecular formula is C9H8N4O2S. The van der Waals surface area contributed by atoms with E-state index in [4.69, 9.17) is 5.73 Å². The zero-order valence-electron chi connectivity index (χ0n) is 8.38. The van der Waals surface area contributed by atoms with Crippen LogP contribution in [-0.2, 0) is 0 Å². The highest BCUT2D eigenvalue weighted by Crippen LogP contribution is 2.30. The quantitative estimate of drug-likeness (QED) is 0.635. The molecule has 0 spiro atoms. The van der Waals surface area contributed by atoms with E-state index in [0.29, 0.717) is 15.7 Å². The van der Waals surface area contributed by atoms with Gasteiger partial charge in [0, 0.05) is 17.7 Å². The van der Waals surface area contributed by atoms with Crippen LogP contribution >= 0.6 is 11.3 Å². The van der Waals surface area contributed by atoms with Gasteiger partial charge in [-0.05, 0) is 12.5 Å². The van der Waals surface area contributed by atoms with Gasteiger partial charge in [-0.1, -0.05) is 17.4 Å². The number of nitro benzene ring substituents is 1. The standard InChI is InChI=1S/C9H8N4O2S/c1-5-2-3-6(13(14)15)4-7(5)8-11-12-9(10)16-8/h2-4H,1H3,(H2,10,12). The van der Waals surface area contributed by atoms with E-state index in [1.807, 2.05) is 6.92 Å². The minimum absolute atomic E-state index is 0.0365. The van der Waals surface area contributed by atoms with Crippen LogP contribution < -0.4 is 5.73 Å². The smallest absolute Gasteiger partial charge is 0.270 e. The van der Waals surface area contributed by atoms with E-state index in [0.717, 1.165) is 5.56 Å². The molecule has 0 bridgehead atoms. The van der Waals surface area contributed by atoms with Crippen molar-refractivity contribution in [3.8, 4) is 10.6 Å². The molecule has 0 aliphatic heterocycles. The number of nitrogens with two attached hydrogens (primary N) is 1. The minimum Gasteiger partial charge on any atom is -0.374 e. The number of hydrogen-bond acceptors (Lipinski definition) is 6. The van der Waals surface area contributed by atoms with E-state index in [9.17, 15) is 10.1 Å². The Bertz CT molecular complexity index is 552. The van der Waals surface area contributed by atoms with Crippen molar-refractivity contribution in [2.45, 2.75) is 6.92 Å². The largest absolute Gasteiger partial charge is 0.374 e. The summed E-state index contributed by atoms with van der Waals surface area (Å²) in [6.07, 6.45) is 0. The average molecular weight is 236 g/mol. The molecule has 0 atom stereocenters. The van der Waals surface area contributed by atoms with Gasteiger partial charge in [-0.2, -0.15) is 0 Å². The molecule has 2 rings (SSSR count). The molecule has 0 saturated carbocycles. The van der Waals surface area contributed by atoms with Crippen LogP contribution in [0.2, 0.25) is 0 Å². The van der Waals surface area contributed by atoms with Crippen LogP contribution in [0.4, 0.5) is 10.8 Å². The van der Waals surface area contributed by atoms with Crippen molar-refractivity contribution in [3.63, 3.8) is 0 Å². The van der Waals surface area contributed by atoms with Crippen molar-refractivity contribution >= 4 is 22.2 Å². The highest BCUT2D eigenvalue weighted by molar-refractivity contribution is 7.18. The SMILES string of the molecule is Cc1ccc([N+](=O)[O-])cc1-c1nnc(N)s1. The minimum atomic E-state index is -0.437. The molecule has 1 heterocycles. The number of anilines is 1. The predicted molar refractivity (Wildman–Crippen MR) is 61.1 cm³/mol. The van der Waals surface area contributed by atoms with E-state index < -0.39 is 4.92 Å². The van der Waals surface area contributed by atoms with Gasteiger partial charge in [0.2, 0.25) is 5.13 Å². The number of nitrogens with zero attached hydrogens (tertiary/aromatic N) is 3. The van der Waals surface area contributed by atoms with E-state index >= 15 is 0 Å². The van der Waals surface area contributed by atoms with Crippen molar-refractivity contribution in [1.82, 2.24) is 10.2 Å². The highest BCUT2D eigenvalue weighted by atomic mass is 32.1. The first-order valence-corrected chi connectivity index (χ1v) is 5.24. The summed E-state index contributed by atoms with van der Waals surface area (Å²) in [5.74, 6) is 0. The molecule has 1 aromatic heterocycles. The van der Waals surface area contributed by atoms with E-state index in [1.54, 1.807) is 6.07 Å². The first kappa shape index (κ1) is 10.5. The lowest BCUT2D eigenvalue weighted by Gasteiger charge is -2.00. The number of non-ortho nitro benzene ring substituents is 1. The Morgan fingerprint density at radius 2 is 2.19 bits per heavy atom. The lowest BCUT2D eigenvalue weighted by atomic mass is 10.1. The first-order valence-electron chi connectivity index (χ1n) is 4.42. The zero-order valence-corrected chi connectivity index (χ0v) is 9.19. The fourth-order valence-corrected chi connectivity index (χ4v) is 1.99. The maximum atomic E-state index is 10.6. The number of nitrogen functional groups attached to an aromatic ring is 1. The van der Waals surface area contributed by atoms with Crippen molar-refractivity contribution < 1.29 is 4.92 Å². The summed E-state index contributed by atoms with van der Waals surface area (Å²) >= 11 is 1.21. The number of hydrogen-bond donors (Lipinski definition) is 1. The molecule has 7 heteroatoms. The summed E-state index contributed by atoms with van der Waals surface area (Å²) in [4.78, 5) is 10.2. The Hall–Kier alpha value is -2.02. The third-order valence-electron chi connectivity index (χ3n) is 2.10. The van der Waals surface area contributed by atoms with Crippen LogP contribution in [0.15, 0.2) is 18.2 Å². The molecule has 0 fully saturated rings. The first-order chi connectivity index (χ1) is 7.58. The van der Waals surface area contributed by atoms with E-state index in [2.05, 4.69) is 10.2 Å². The summed E-state index contributed by atoms with van der Waals surface area (Å²) in [5, 5.41) is 19.1. The second kappa shape index (κ2) is 3.86. The van der Waals surface area contributed by atoms with Gasteiger partial charge < -0.3 is 5.73 Å². The maximum absolute atomic E-state index is 10.6. The van der Waals surface area contributed by atoms with Gasteiger partial charge in [0.05, 0.1) is 4.92 Å².